The maximum Gasteiger partial charge on any atom is 0.216 e. The summed E-state index contributed by atoms with van der Waals surface area (Å²) in [6.45, 7) is 3.93. The van der Waals surface area contributed by atoms with Crippen molar-refractivity contribution in [3.05, 3.63) is 14.9 Å². The zero-order chi connectivity index (χ0) is 11.2. The van der Waals surface area contributed by atoms with Crippen LogP contribution < -0.4 is 0 Å². The third kappa shape index (κ3) is 6.22. The third-order valence-electron chi connectivity index (χ3n) is 2.59. The van der Waals surface area contributed by atoms with Crippen molar-refractivity contribution >= 4 is 52.6 Å². The average Bonchev–Trinajstić information content (AvgIpc) is 2.02. The van der Waals surface area contributed by atoms with Crippen LogP contribution in [0, 0.1) is 14.9 Å². The summed E-state index contributed by atoms with van der Waals surface area (Å²) in [6, 6.07) is 0. The predicted octanol–water partition coefficient (Wildman–Crippen LogP) is 0.882. The Kier molecular flexibility index (Phi) is 16.4. The SMILES string of the molecule is C.C.CC1=NC2([B][C-]=N2)[B]1.CC1=NC2([B][C-]=N2)[B]1.[CH3-].[CH3-].[Y].[Y]. The molecule has 0 aromatic rings. The molecule has 4 aliphatic heterocycles. The van der Waals surface area contributed by atoms with Crippen LogP contribution in [0.5, 0.6) is 0 Å². The van der Waals surface area contributed by atoms with E-state index in [4.69, 9.17) is 0 Å². The summed E-state index contributed by atoms with van der Waals surface area (Å²) >= 11 is 0. The van der Waals surface area contributed by atoms with Gasteiger partial charge in [0.2, 0.25) is 14.6 Å². The van der Waals surface area contributed by atoms with Gasteiger partial charge in [0, 0.05) is 76.3 Å². The standard InChI is InChI=1S/2C4H3B2N2.2CH4.2CH3.2Y/c2*1-3-6-4(8-3)5-2-7-4;;;;;;/h2*1H3;2*1H4;2*1H3;;/q2*-1;;;2*-1;;. The first-order chi connectivity index (χ1) is 7.62. The quantitative estimate of drug-likeness (QED) is 0.396. The summed E-state index contributed by atoms with van der Waals surface area (Å²) in [4.78, 5) is 16.1. The van der Waals surface area contributed by atoms with Crippen LogP contribution in [0.3, 0.4) is 0 Å². The Morgan fingerprint density at radius 1 is 0.773 bits per heavy atom. The van der Waals surface area contributed by atoms with Crippen LogP contribution in [0.4, 0.5) is 0 Å². The molecule has 4 rings (SSSR count). The topological polar surface area (TPSA) is 49.4 Å². The molecule has 4 aliphatic rings. The average molecular weight is 441 g/mol. The minimum Gasteiger partial charge on any atom is -0.502 e. The van der Waals surface area contributed by atoms with Gasteiger partial charge in [0.1, 0.15) is 0 Å². The van der Waals surface area contributed by atoms with Crippen molar-refractivity contribution in [3.8, 4) is 0 Å². The van der Waals surface area contributed by atoms with E-state index in [2.05, 4.69) is 32.2 Å². The summed E-state index contributed by atoms with van der Waals surface area (Å²) in [5.41, 5.74) is 1.69. The number of hydrogen-bond donors (Lipinski definition) is 0. The van der Waals surface area contributed by atoms with Crippen LogP contribution in [0.15, 0.2) is 20.0 Å². The Morgan fingerprint density at radius 3 is 1.05 bits per heavy atom. The molecule has 0 aromatic heterocycles. The van der Waals surface area contributed by atoms with Crippen LogP contribution in [-0.2, 0) is 65.4 Å². The van der Waals surface area contributed by atoms with Crippen molar-refractivity contribution in [1.82, 2.24) is 0 Å². The molecule has 0 amide bonds. The molecular formula is C12H20B4N4Y2-4. The maximum atomic E-state index is 4.14. The Hall–Kier alpha value is 1.15. The summed E-state index contributed by atoms with van der Waals surface area (Å²) in [5, 5.41) is 0. The first-order valence-electron chi connectivity index (χ1n) is 5.10. The monoisotopic (exact) mass is 442 g/mol. The first-order valence-corrected chi connectivity index (χ1v) is 5.10. The van der Waals surface area contributed by atoms with Crippen LogP contribution in [0.25, 0.3) is 0 Å². The molecule has 22 heavy (non-hydrogen) atoms. The number of nitrogens with zero attached hydrogens (tertiary/aromatic N) is 4. The fourth-order valence-corrected chi connectivity index (χ4v) is 1.83. The van der Waals surface area contributed by atoms with E-state index in [1.165, 1.54) is 0 Å². The van der Waals surface area contributed by atoms with Crippen molar-refractivity contribution in [2.24, 2.45) is 20.0 Å². The molecule has 2 spiro atoms. The van der Waals surface area contributed by atoms with Gasteiger partial charge in [0.15, 0.2) is 0 Å². The molecule has 0 fully saturated rings. The van der Waals surface area contributed by atoms with Gasteiger partial charge in [0.25, 0.3) is 0 Å². The molecule has 0 N–H and O–H groups in total. The second-order valence-corrected chi connectivity index (χ2v) is 4.13. The van der Waals surface area contributed by atoms with Gasteiger partial charge in [-0.15, -0.1) is 0 Å². The normalized spacial score (nSPS) is 28.3. The van der Waals surface area contributed by atoms with Crippen molar-refractivity contribution in [2.45, 2.75) is 39.6 Å². The Balaban J connectivity index is -0.000000116. The zero-order valence-corrected chi connectivity index (χ0v) is 17.9. The maximum absolute atomic E-state index is 4.14. The second-order valence-electron chi connectivity index (χ2n) is 4.13. The van der Waals surface area contributed by atoms with Crippen LogP contribution in [0.2, 0.25) is 0 Å². The molecule has 0 bridgehead atoms. The number of rotatable bonds is 0. The molecular weight excluding hydrogens is 421 g/mol. The molecule has 4 heterocycles. The first kappa shape index (κ1) is 31.0. The summed E-state index contributed by atoms with van der Waals surface area (Å²) in [5.74, 6) is 0. The molecule has 6 radical (unpaired) electrons. The van der Waals surface area contributed by atoms with Crippen molar-refractivity contribution in [1.29, 1.82) is 0 Å². The minimum absolute atomic E-state index is 0. The van der Waals surface area contributed by atoms with Gasteiger partial charge < -0.3 is 37.1 Å². The Bertz CT molecular complexity index is 428. The van der Waals surface area contributed by atoms with Crippen molar-refractivity contribution < 1.29 is 65.4 Å². The van der Waals surface area contributed by atoms with Gasteiger partial charge in [-0.05, 0) is 39.6 Å². The molecule has 2 unspecified atom stereocenters. The van der Waals surface area contributed by atoms with E-state index in [0.29, 0.717) is 0 Å². The van der Waals surface area contributed by atoms with E-state index >= 15 is 0 Å². The van der Waals surface area contributed by atoms with E-state index < -0.39 is 0 Å². The van der Waals surface area contributed by atoms with Gasteiger partial charge in [-0.1, -0.05) is 14.9 Å². The van der Waals surface area contributed by atoms with Crippen LogP contribution >= 0.6 is 0 Å². The van der Waals surface area contributed by atoms with E-state index in [0.717, 1.165) is 11.2 Å². The van der Waals surface area contributed by atoms with E-state index in [9.17, 15) is 0 Å². The molecule has 0 saturated heterocycles. The Labute approximate surface area is 190 Å². The van der Waals surface area contributed by atoms with Gasteiger partial charge in [-0.25, -0.2) is 0 Å². The second kappa shape index (κ2) is 11.7. The third-order valence-corrected chi connectivity index (χ3v) is 2.59. The fraction of sp³-hybridized carbons (Fsp3) is 0.500. The van der Waals surface area contributed by atoms with Gasteiger partial charge >= 0.3 is 0 Å². The smallest absolute Gasteiger partial charge is 0.216 e. The van der Waals surface area contributed by atoms with E-state index in [1.807, 2.05) is 43.0 Å². The van der Waals surface area contributed by atoms with Gasteiger partial charge in [0.05, 0.1) is 0 Å². The fourth-order valence-electron chi connectivity index (χ4n) is 1.83. The molecule has 0 aliphatic carbocycles. The van der Waals surface area contributed by atoms with Crippen LogP contribution in [-0.4, -0.2) is 63.5 Å². The zero-order valence-electron chi connectivity index (χ0n) is 12.3. The Morgan fingerprint density at radius 2 is 1.00 bits per heavy atom. The summed E-state index contributed by atoms with van der Waals surface area (Å²) in [6.07, 6.45) is 5.37. The molecule has 2 atom stereocenters. The van der Waals surface area contributed by atoms with Crippen LogP contribution in [0.1, 0.15) is 28.7 Å². The molecule has 0 aromatic carbocycles. The van der Waals surface area contributed by atoms with Gasteiger partial charge in [-0.2, -0.15) is 0 Å². The van der Waals surface area contributed by atoms with E-state index in [1.54, 1.807) is 0 Å². The predicted molar refractivity (Wildman–Crippen MR) is 95.9 cm³/mol. The number of aliphatic imine (C=N–C) groups is 4. The molecule has 4 nitrogen and oxygen atoms in total. The summed E-state index contributed by atoms with van der Waals surface area (Å²) in [7, 11) is 7.76. The summed E-state index contributed by atoms with van der Waals surface area (Å²) < 4.78 is 0. The van der Waals surface area contributed by atoms with Gasteiger partial charge in [-0.3, -0.25) is 9.98 Å². The van der Waals surface area contributed by atoms with E-state index in [-0.39, 0.29) is 106 Å². The molecule has 0 saturated carbocycles. The molecule has 10 heteroatoms. The largest absolute Gasteiger partial charge is 0.502 e. The number of hydrogen-bond acceptors (Lipinski definition) is 4. The molecule has 110 valence electrons. The van der Waals surface area contributed by atoms with Crippen molar-refractivity contribution in [3.63, 3.8) is 0 Å². The van der Waals surface area contributed by atoms with Crippen molar-refractivity contribution in [2.75, 3.05) is 0 Å². The minimum atomic E-state index is -0.232.